The molecule has 0 saturated carbocycles. The van der Waals surface area contributed by atoms with Crippen LogP contribution in [0.4, 0.5) is 0 Å². The molecule has 8 nitrogen and oxygen atoms in total. The molecule has 172 valence electrons. The van der Waals surface area contributed by atoms with Crippen molar-refractivity contribution in [2.75, 3.05) is 20.2 Å². The fourth-order valence-electron chi connectivity index (χ4n) is 4.21. The number of rotatable bonds is 7. The van der Waals surface area contributed by atoms with Gasteiger partial charge in [-0.3, -0.25) is 14.6 Å². The van der Waals surface area contributed by atoms with Crippen LogP contribution in [0.3, 0.4) is 0 Å². The van der Waals surface area contributed by atoms with Gasteiger partial charge in [-0.2, -0.15) is 0 Å². The minimum absolute atomic E-state index is 0.113. The normalized spacial score (nSPS) is 15.3. The van der Waals surface area contributed by atoms with E-state index >= 15 is 0 Å². The van der Waals surface area contributed by atoms with Crippen molar-refractivity contribution < 1.29 is 14.3 Å². The standard InChI is InChI=1S/C25H29N5O3/c1-17(2)30-16-28-21-10-13-29(25(32)19-7-5-11-26-15-19)23(22(21)30)24(31)27-12-9-18-6-4-8-20(14-18)33-3/h4-8,11,14-17,23H,9-10,12-13H2,1-3H3,(H,27,31)/t23-/m0/s1. The zero-order chi connectivity index (χ0) is 23.4. The lowest BCUT2D eigenvalue weighted by Crippen LogP contribution is -2.48. The van der Waals surface area contributed by atoms with E-state index in [-0.39, 0.29) is 17.9 Å². The highest BCUT2D eigenvalue weighted by atomic mass is 16.5. The van der Waals surface area contributed by atoms with E-state index in [9.17, 15) is 9.59 Å². The van der Waals surface area contributed by atoms with Gasteiger partial charge < -0.3 is 19.5 Å². The average Bonchev–Trinajstić information content (AvgIpc) is 3.28. The second kappa shape index (κ2) is 9.85. The molecule has 1 aliphatic rings. The Morgan fingerprint density at radius 2 is 2.09 bits per heavy atom. The molecular formula is C25H29N5O3. The highest BCUT2D eigenvalue weighted by Gasteiger charge is 2.39. The number of ether oxygens (including phenoxy) is 1. The second-order valence-corrected chi connectivity index (χ2v) is 8.36. The average molecular weight is 448 g/mol. The van der Waals surface area contributed by atoms with Crippen molar-refractivity contribution in [2.45, 2.75) is 38.8 Å². The number of benzene rings is 1. The van der Waals surface area contributed by atoms with E-state index in [4.69, 9.17) is 4.74 Å². The Labute approximate surface area is 193 Å². The first-order chi connectivity index (χ1) is 16.0. The number of hydrogen-bond acceptors (Lipinski definition) is 5. The Balaban J connectivity index is 1.58. The topological polar surface area (TPSA) is 89.4 Å². The van der Waals surface area contributed by atoms with Crippen molar-refractivity contribution in [2.24, 2.45) is 0 Å². The number of pyridine rings is 1. The van der Waals surface area contributed by atoms with Gasteiger partial charge in [-0.1, -0.05) is 12.1 Å². The van der Waals surface area contributed by atoms with Gasteiger partial charge in [0.2, 0.25) is 5.91 Å². The predicted octanol–water partition coefficient (Wildman–Crippen LogP) is 2.97. The number of amides is 2. The molecule has 4 rings (SSSR count). The van der Waals surface area contributed by atoms with Gasteiger partial charge in [0.05, 0.1) is 30.4 Å². The largest absolute Gasteiger partial charge is 0.497 e. The molecule has 0 radical (unpaired) electrons. The molecule has 2 aromatic heterocycles. The molecule has 3 heterocycles. The summed E-state index contributed by atoms with van der Waals surface area (Å²) < 4.78 is 7.27. The van der Waals surface area contributed by atoms with Gasteiger partial charge in [-0.15, -0.1) is 0 Å². The summed E-state index contributed by atoms with van der Waals surface area (Å²) in [4.78, 5) is 37.1. The van der Waals surface area contributed by atoms with Crippen LogP contribution in [0.15, 0.2) is 55.1 Å². The van der Waals surface area contributed by atoms with Gasteiger partial charge >= 0.3 is 0 Å². The smallest absolute Gasteiger partial charge is 0.256 e. The van der Waals surface area contributed by atoms with Crippen LogP contribution in [-0.2, 0) is 17.6 Å². The summed E-state index contributed by atoms with van der Waals surface area (Å²) in [6.07, 6.45) is 6.19. The number of carbonyl (C=O) groups excluding carboxylic acids is 2. The minimum atomic E-state index is -0.753. The molecule has 3 aromatic rings. The maximum atomic E-state index is 13.5. The van der Waals surface area contributed by atoms with Gasteiger partial charge in [0.15, 0.2) is 6.04 Å². The summed E-state index contributed by atoms with van der Waals surface area (Å²) in [5.41, 5.74) is 3.18. The fraction of sp³-hybridized carbons (Fsp3) is 0.360. The van der Waals surface area contributed by atoms with E-state index < -0.39 is 6.04 Å². The number of imidazole rings is 1. The van der Waals surface area contributed by atoms with Crippen LogP contribution in [0.1, 0.15) is 53.2 Å². The number of fused-ring (bicyclic) bond motifs is 1. The first-order valence-corrected chi connectivity index (χ1v) is 11.2. The Morgan fingerprint density at radius 1 is 1.24 bits per heavy atom. The van der Waals surface area contributed by atoms with Crippen LogP contribution in [0.5, 0.6) is 5.75 Å². The summed E-state index contributed by atoms with van der Waals surface area (Å²) in [7, 11) is 1.63. The molecule has 1 atom stereocenters. The fourth-order valence-corrected chi connectivity index (χ4v) is 4.21. The van der Waals surface area contributed by atoms with E-state index in [2.05, 4.69) is 15.3 Å². The van der Waals surface area contributed by atoms with Crippen molar-refractivity contribution in [3.05, 3.63) is 77.6 Å². The van der Waals surface area contributed by atoms with Crippen molar-refractivity contribution in [1.82, 2.24) is 24.8 Å². The molecule has 0 bridgehead atoms. The molecule has 2 amide bonds. The molecule has 1 aliphatic heterocycles. The number of carbonyl (C=O) groups is 2. The monoisotopic (exact) mass is 447 g/mol. The zero-order valence-electron chi connectivity index (χ0n) is 19.2. The van der Waals surface area contributed by atoms with Crippen LogP contribution < -0.4 is 10.1 Å². The van der Waals surface area contributed by atoms with Gasteiger partial charge in [0, 0.05) is 37.9 Å². The molecule has 33 heavy (non-hydrogen) atoms. The zero-order valence-corrected chi connectivity index (χ0v) is 19.2. The van der Waals surface area contributed by atoms with E-state index in [0.29, 0.717) is 31.5 Å². The number of aromatic nitrogens is 3. The molecule has 0 aliphatic carbocycles. The van der Waals surface area contributed by atoms with E-state index in [0.717, 1.165) is 22.7 Å². The van der Waals surface area contributed by atoms with Gasteiger partial charge in [0.25, 0.3) is 5.91 Å². The van der Waals surface area contributed by atoms with Crippen molar-refractivity contribution >= 4 is 11.8 Å². The number of nitrogens with zero attached hydrogens (tertiary/aromatic N) is 4. The van der Waals surface area contributed by atoms with Crippen molar-refractivity contribution in [1.29, 1.82) is 0 Å². The van der Waals surface area contributed by atoms with Gasteiger partial charge in [-0.05, 0) is 50.1 Å². The SMILES string of the molecule is COc1cccc(CCNC(=O)[C@@H]2c3c(ncn3C(C)C)CCN2C(=O)c2cccnc2)c1. The lowest BCUT2D eigenvalue weighted by Gasteiger charge is -2.36. The van der Waals surface area contributed by atoms with Crippen molar-refractivity contribution in [3.63, 3.8) is 0 Å². The minimum Gasteiger partial charge on any atom is -0.497 e. The van der Waals surface area contributed by atoms with Gasteiger partial charge in [0.1, 0.15) is 5.75 Å². The summed E-state index contributed by atoms with van der Waals surface area (Å²) >= 11 is 0. The maximum absolute atomic E-state index is 13.5. The molecule has 0 saturated heterocycles. The maximum Gasteiger partial charge on any atom is 0.256 e. The summed E-state index contributed by atoms with van der Waals surface area (Å²) in [6.45, 7) is 4.95. The van der Waals surface area contributed by atoms with Crippen molar-refractivity contribution in [3.8, 4) is 5.75 Å². The third-order valence-electron chi connectivity index (χ3n) is 5.89. The quantitative estimate of drug-likeness (QED) is 0.602. The Hall–Kier alpha value is -3.68. The van der Waals surface area contributed by atoms with Crippen LogP contribution in [0.2, 0.25) is 0 Å². The second-order valence-electron chi connectivity index (χ2n) is 8.36. The molecule has 1 N–H and O–H groups in total. The molecule has 8 heteroatoms. The lowest BCUT2D eigenvalue weighted by atomic mass is 9.99. The van der Waals surface area contributed by atoms with Crippen LogP contribution >= 0.6 is 0 Å². The lowest BCUT2D eigenvalue weighted by molar-refractivity contribution is -0.126. The highest BCUT2D eigenvalue weighted by molar-refractivity contribution is 5.98. The molecule has 0 fully saturated rings. The Bertz CT molecular complexity index is 1130. The molecule has 1 aromatic carbocycles. The summed E-state index contributed by atoms with van der Waals surface area (Å²) in [5.74, 6) is 0.363. The molecular weight excluding hydrogens is 418 g/mol. The van der Waals surface area contributed by atoms with Crippen LogP contribution in [0, 0.1) is 0 Å². The Morgan fingerprint density at radius 3 is 2.82 bits per heavy atom. The number of hydrogen-bond donors (Lipinski definition) is 1. The van der Waals surface area contributed by atoms with Gasteiger partial charge in [-0.25, -0.2) is 4.98 Å². The third-order valence-corrected chi connectivity index (χ3v) is 5.89. The molecule has 0 spiro atoms. The summed E-state index contributed by atoms with van der Waals surface area (Å²) in [6, 6.07) is 10.6. The first-order valence-electron chi connectivity index (χ1n) is 11.2. The molecule has 0 unspecified atom stereocenters. The predicted molar refractivity (Wildman–Crippen MR) is 124 cm³/mol. The van der Waals surface area contributed by atoms with Crippen LogP contribution in [-0.4, -0.2) is 51.4 Å². The first kappa shape index (κ1) is 22.5. The van der Waals surface area contributed by atoms with E-state index in [1.165, 1.54) is 6.20 Å². The highest BCUT2D eigenvalue weighted by Crippen LogP contribution is 2.32. The Kier molecular flexibility index (Phi) is 6.72. The number of nitrogens with one attached hydrogen (secondary N) is 1. The van der Waals surface area contributed by atoms with Crippen LogP contribution in [0.25, 0.3) is 0 Å². The van der Waals surface area contributed by atoms with E-state index in [1.807, 2.05) is 42.7 Å². The summed E-state index contributed by atoms with van der Waals surface area (Å²) in [5, 5.41) is 3.04. The third kappa shape index (κ3) is 4.74. The van der Waals surface area contributed by atoms with E-state index in [1.54, 1.807) is 36.7 Å². The number of methoxy groups -OCH3 is 1.